The summed E-state index contributed by atoms with van der Waals surface area (Å²) in [6, 6.07) is 15.1. The first-order valence-electron chi connectivity index (χ1n) is 9.74. The molecule has 0 aliphatic heterocycles. The molecule has 1 aliphatic rings. The number of nitrogens with one attached hydrogen (secondary N) is 2. The third-order valence-electron chi connectivity index (χ3n) is 5.09. The predicted molar refractivity (Wildman–Crippen MR) is 121 cm³/mol. The second-order valence-electron chi connectivity index (χ2n) is 7.47. The SMILES string of the molecule is CS(=O)(=O)Nc1cccc(CNC(=O)[C@@H]2CC=CC[C@H]2c2nc3ccccc3s2)c1. The summed E-state index contributed by atoms with van der Waals surface area (Å²) in [5.74, 6) is -0.122. The lowest BCUT2D eigenvalue weighted by atomic mass is 9.82. The van der Waals surface area contributed by atoms with E-state index in [1.54, 1.807) is 29.5 Å². The summed E-state index contributed by atoms with van der Waals surface area (Å²) in [5.41, 5.74) is 2.29. The zero-order valence-corrected chi connectivity index (χ0v) is 18.2. The number of fused-ring (bicyclic) bond motifs is 1. The van der Waals surface area contributed by atoms with E-state index in [2.05, 4.69) is 28.3 Å². The number of para-hydroxylation sites is 1. The number of anilines is 1. The number of hydrogen-bond acceptors (Lipinski definition) is 5. The second kappa shape index (κ2) is 8.57. The number of hydrogen-bond donors (Lipinski definition) is 2. The zero-order chi connectivity index (χ0) is 21.1. The number of aromatic nitrogens is 1. The van der Waals surface area contributed by atoms with Gasteiger partial charge in [-0.05, 0) is 42.7 Å². The average Bonchev–Trinajstić information content (AvgIpc) is 3.15. The van der Waals surface area contributed by atoms with E-state index in [4.69, 9.17) is 4.98 Å². The summed E-state index contributed by atoms with van der Waals surface area (Å²) in [5, 5.41) is 4.02. The molecule has 6 nitrogen and oxygen atoms in total. The highest BCUT2D eigenvalue weighted by molar-refractivity contribution is 7.92. The molecule has 1 heterocycles. The molecule has 0 saturated carbocycles. The molecular weight excluding hydrogens is 418 g/mol. The van der Waals surface area contributed by atoms with Crippen LogP contribution in [0.1, 0.15) is 29.3 Å². The van der Waals surface area contributed by atoms with Crippen molar-refractivity contribution in [2.45, 2.75) is 25.3 Å². The molecule has 4 rings (SSSR count). The molecule has 0 unspecified atom stereocenters. The van der Waals surface area contributed by atoms with Crippen LogP contribution in [-0.2, 0) is 21.4 Å². The lowest BCUT2D eigenvalue weighted by Crippen LogP contribution is -2.34. The molecule has 0 fully saturated rings. The maximum Gasteiger partial charge on any atom is 0.229 e. The molecule has 30 heavy (non-hydrogen) atoms. The Kier molecular flexibility index (Phi) is 5.87. The molecule has 0 radical (unpaired) electrons. The van der Waals surface area contributed by atoms with E-state index in [-0.39, 0.29) is 17.7 Å². The fourth-order valence-electron chi connectivity index (χ4n) is 3.70. The van der Waals surface area contributed by atoms with Gasteiger partial charge in [0.2, 0.25) is 15.9 Å². The van der Waals surface area contributed by atoms with Gasteiger partial charge in [-0.3, -0.25) is 9.52 Å². The van der Waals surface area contributed by atoms with E-state index in [0.717, 1.165) is 33.5 Å². The largest absolute Gasteiger partial charge is 0.352 e. The fourth-order valence-corrected chi connectivity index (χ4v) is 5.41. The Bertz CT molecular complexity index is 1170. The van der Waals surface area contributed by atoms with E-state index in [1.807, 2.05) is 24.3 Å². The smallest absolute Gasteiger partial charge is 0.229 e. The first kappa shape index (κ1) is 20.6. The van der Waals surface area contributed by atoms with Gasteiger partial charge in [0.05, 0.1) is 27.4 Å². The van der Waals surface area contributed by atoms with Gasteiger partial charge in [0.1, 0.15) is 0 Å². The number of carbonyl (C=O) groups is 1. The van der Waals surface area contributed by atoms with Gasteiger partial charge in [-0.15, -0.1) is 11.3 Å². The third kappa shape index (κ3) is 4.88. The predicted octanol–water partition coefficient (Wildman–Crippen LogP) is 4.03. The molecular formula is C22H23N3O3S2. The van der Waals surface area contributed by atoms with E-state index in [1.165, 1.54) is 0 Å². The molecule has 2 N–H and O–H groups in total. The van der Waals surface area contributed by atoms with Crippen molar-refractivity contribution in [2.75, 3.05) is 11.0 Å². The van der Waals surface area contributed by atoms with Crippen LogP contribution in [0.4, 0.5) is 5.69 Å². The summed E-state index contributed by atoms with van der Waals surface area (Å²) >= 11 is 1.66. The van der Waals surface area contributed by atoms with Crippen LogP contribution in [0, 0.1) is 5.92 Å². The van der Waals surface area contributed by atoms with Crippen molar-refractivity contribution in [3.05, 3.63) is 71.3 Å². The van der Waals surface area contributed by atoms with Gasteiger partial charge in [0.25, 0.3) is 0 Å². The quantitative estimate of drug-likeness (QED) is 0.565. The first-order valence-corrected chi connectivity index (χ1v) is 12.4. The minimum atomic E-state index is -3.34. The standard InChI is InChI=1S/C22H23N3O3S2/c1-30(27,28)25-16-8-6-7-15(13-16)14-23-21(26)17-9-2-3-10-18(17)22-24-19-11-4-5-12-20(19)29-22/h2-8,11-13,17-18,25H,9-10,14H2,1H3,(H,23,26)/t17-,18-/m1/s1. The van der Waals surface area contributed by atoms with Crippen molar-refractivity contribution in [1.82, 2.24) is 10.3 Å². The number of nitrogens with zero attached hydrogens (tertiary/aromatic N) is 1. The van der Waals surface area contributed by atoms with Gasteiger partial charge in [0, 0.05) is 18.2 Å². The molecule has 1 aliphatic carbocycles. The third-order valence-corrected chi connectivity index (χ3v) is 6.87. The Morgan fingerprint density at radius 2 is 1.93 bits per heavy atom. The number of benzene rings is 2. The number of carbonyl (C=O) groups excluding carboxylic acids is 1. The lowest BCUT2D eigenvalue weighted by molar-refractivity contribution is -0.125. The highest BCUT2D eigenvalue weighted by Gasteiger charge is 2.32. The van der Waals surface area contributed by atoms with Crippen molar-refractivity contribution < 1.29 is 13.2 Å². The maximum absolute atomic E-state index is 13.0. The fraction of sp³-hybridized carbons (Fsp3) is 0.273. The highest BCUT2D eigenvalue weighted by atomic mass is 32.2. The number of rotatable bonds is 6. The van der Waals surface area contributed by atoms with E-state index >= 15 is 0 Å². The Morgan fingerprint density at radius 3 is 2.73 bits per heavy atom. The summed E-state index contributed by atoms with van der Waals surface area (Å²) in [6.45, 7) is 0.338. The molecule has 8 heteroatoms. The van der Waals surface area contributed by atoms with Crippen molar-refractivity contribution in [2.24, 2.45) is 5.92 Å². The van der Waals surface area contributed by atoms with Crippen LogP contribution < -0.4 is 10.0 Å². The zero-order valence-electron chi connectivity index (χ0n) is 16.5. The van der Waals surface area contributed by atoms with Crippen LogP contribution in [0.3, 0.4) is 0 Å². The molecule has 156 valence electrons. The normalized spacial score (nSPS) is 19.0. The molecule has 0 spiro atoms. The summed E-state index contributed by atoms with van der Waals surface area (Å²) < 4.78 is 26.4. The minimum Gasteiger partial charge on any atom is -0.352 e. The maximum atomic E-state index is 13.0. The summed E-state index contributed by atoms with van der Waals surface area (Å²) in [7, 11) is -3.34. The Hall–Kier alpha value is -2.71. The van der Waals surface area contributed by atoms with E-state index < -0.39 is 10.0 Å². The van der Waals surface area contributed by atoms with Gasteiger partial charge in [-0.1, -0.05) is 36.4 Å². The molecule has 3 aromatic rings. The van der Waals surface area contributed by atoms with Crippen LogP contribution in [0.25, 0.3) is 10.2 Å². The topological polar surface area (TPSA) is 88.2 Å². The van der Waals surface area contributed by atoms with Crippen LogP contribution in [-0.4, -0.2) is 25.6 Å². The van der Waals surface area contributed by atoms with Gasteiger partial charge < -0.3 is 5.32 Å². The first-order chi connectivity index (χ1) is 14.4. The highest BCUT2D eigenvalue weighted by Crippen LogP contribution is 2.38. The monoisotopic (exact) mass is 441 g/mol. The average molecular weight is 442 g/mol. The molecule has 0 bridgehead atoms. The van der Waals surface area contributed by atoms with Crippen LogP contribution in [0.5, 0.6) is 0 Å². The van der Waals surface area contributed by atoms with Crippen molar-refractivity contribution in [3.63, 3.8) is 0 Å². The van der Waals surface area contributed by atoms with E-state index in [0.29, 0.717) is 18.7 Å². The number of amides is 1. The van der Waals surface area contributed by atoms with Crippen LogP contribution >= 0.6 is 11.3 Å². The Balaban J connectivity index is 1.46. The van der Waals surface area contributed by atoms with Crippen LogP contribution in [0.2, 0.25) is 0 Å². The Labute approximate surface area is 180 Å². The lowest BCUT2D eigenvalue weighted by Gasteiger charge is -2.26. The summed E-state index contributed by atoms with van der Waals surface area (Å²) in [6.07, 6.45) is 6.78. The number of allylic oxidation sites excluding steroid dienone is 2. The van der Waals surface area contributed by atoms with Gasteiger partial charge >= 0.3 is 0 Å². The van der Waals surface area contributed by atoms with E-state index in [9.17, 15) is 13.2 Å². The minimum absolute atomic E-state index is 0.00918. The summed E-state index contributed by atoms with van der Waals surface area (Å²) in [4.78, 5) is 17.8. The van der Waals surface area contributed by atoms with Gasteiger partial charge in [-0.25, -0.2) is 13.4 Å². The number of thiazole rings is 1. The molecule has 0 saturated heterocycles. The molecule has 2 atom stereocenters. The van der Waals surface area contributed by atoms with Gasteiger partial charge in [-0.2, -0.15) is 0 Å². The van der Waals surface area contributed by atoms with Crippen molar-refractivity contribution in [1.29, 1.82) is 0 Å². The van der Waals surface area contributed by atoms with Crippen molar-refractivity contribution >= 4 is 43.2 Å². The van der Waals surface area contributed by atoms with Crippen molar-refractivity contribution in [3.8, 4) is 0 Å². The Morgan fingerprint density at radius 1 is 1.13 bits per heavy atom. The number of sulfonamides is 1. The molecule has 1 aromatic heterocycles. The van der Waals surface area contributed by atoms with Gasteiger partial charge in [0.15, 0.2) is 0 Å². The van der Waals surface area contributed by atoms with Crippen LogP contribution in [0.15, 0.2) is 60.7 Å². The second-order valence-corrected chi connectivity index (χ2v) is 10.3. The molecule has 2 aromatic carbocycles. The molecule has 1 amide bonds.